The fourth-order valence-electron chi connectivity index (χ4n) is 2.90. The van der Waals surface area contributed by atoms with Crippen LogP contribution in [0.4, 0.5) is 0 Å². The van der Waals surface area contributed by atoms with Crippen molar-refractivity contribution in [2.24, 2.45) is 11.7 Å². The van der Waals surface area contributed by atoms with Crippen LogP contribution in [0.2, 0.25) is 5.02 Å². The summed E-state index contributed by atoms with van der Waals surface area (Å²) in [6.45, 7) is 3.01. The lowest BCUT2D eigenvalue weighted by Gasteiger charge is -2.27. The van der Waals surface area contributed by atoms with Crippen molar-refractivity contribution in [2.75, 3.05) is 19.7 Å². The van der Waals surface area contributed by atoms with Crippen molar-refractivity contribution < 1.29 is 19.1 Å². The zero-order valence-electron chi connectivity index (χ0n) is 14.8. The highest BCUT2D eigenvalue weighted by molar-refractivity contribution is 6.34. The van der Waals surface area contributed by atoms with Crippen molar-refractivity contribution in [3.05, 3.63) is 28.8 Å². The minimum atomic E-state index is -0.253. The zero-order valence-corrected chi connectivity index (χ0v) is 16.4. The molecule has 0 spiro atoms. The van der Waals surface area contributed by atoms with Crippen LogP contribution in [-0.2, 0) is 9.53 Å². The van der Waals surface area contributed by atoms with Crippen LogP contribution >= 0.6 is 24.0 Å². The van der Waals surface area contributed by atoms with Crippen LogP contribution in [0.25, 0.3) is 0 Å². The van der Waals surface area contributed by atoms with Crippen molar-refractivity contribution in [1.82, 2.24) is 5.32 Å². The summed E-state index contributed by atoms with van der Waals surface area (Å²) in [6, 6.07) is 5.03. The molecule has 0 aliphatic heterocycles. The summed E-state index contributed by atoms with van der Waals surface area (Å²) in [6.07, 6.45) is 3.14. The normalized spacial score (nSPS) is 19.2. The van der Waals surface area contributed by atoms with E-state index in [-0.39, 0.29) is 36.3 Å². The van der Waals surface area contributed by atoms with Gasteiger partial charge >= 0.3 is 5.97 Å². The molecule has 26 heavy (non-hydrogen) atoms. The minimum absolute atomic E-state index is 0. The van der Waals surface area contributed by atoms with E-state index in [0.29, 0.717) is 36.0 Å². The molecule has 0 aromatic heterocycles. The van der Waals surface area contributed by atoms with Gasteiger partial charge < -0.3 is 20.5 Å². The van der Waals surface area contributed by atoms with Gasteiger partial charge in [0, 0.05) is 13.1 Å². The van der Waals surface area contributed by atoms with E-state index in [1.165, 1.54) is 0 Å². The quantitative estimate of drug-likeness (QED) is 0.681. The summed E-state index contributed by atoms with van der Waals surface area (Å²) < 4.78 is 11.0. The number of ether oxygens (including phenoxy) is 2. The minimum Gasteiger partial charge on any atom is -0.490 e. The maximum atomic E-state index is 11.9. The van der Waals surface area contributed by atoms with Crippen molar-refractivity contribution in [3.63, 3.8) is 0 Å². The molecule has 1 aliphatic carbocycles. The fraction of sp³-hybridized carbons (Fsp3) is 0.556. The third-order valence-electron chi connectivity index (χ3n) is 4.21. The first-order chi connectivity index (χ1) is 12.0. The Balaban J connectivity index is 0.00000338. The van der Waals surface area contributed by atoms with Crippen LogP contribution in [0.5, 0.6) is 5.75 Å². The van der Waals surface area contributed by atoms with Gasteiger partial charge in [-0.25, -0.2) is 0 Å². The molecule has 6 nitrogen and oxygen atoms in total. The van der Waals surface area contributed by atoms with Gasteiger partial charge in [0.1, 0.15) is 5.75 Å². The molecule has 8 heteroatoms. The van der Waals surface area contributed by atoms with Crippen LogP contribution < -0.4 is 15.8 Å². The second-order valence-electron chi connectivity index (χ2n) is 6.03. The topological polar surface area (TPSA) is 90.6 Å². The summed E-state index contributed by atoms with van der Waals surface area (Å²) in [5, 5.41) is 3.02. The van der Waals surface area contributed by atoms with E-state index in [2.05, 4.69) is 5.32 Å². The van der Waals surface area contributed by atoms with Crippen LogP contribution in [0.15, 0.2) is 18.2 Å². The maximum Gasteiger partial charge on any atom is 0.308 e. The smallest absolute Gasteiger partial charge is 0.308 e. The van der Waals surface area contributed by atoms with E-state index in [0.717, 1.165) is 25.7 Å². The Hall–Kier alpha value is -1.50. The van der Waals surface area contributed by atoms with Gasteiger partial charge in [-0.2, -0.15) is 0 Å². The molecule has 0 bridgehead atoms. The third kappa shape index (κ3) is 6.34. The van der Waals surface area contributed by atoms with Gasteiger partial charge in [-0.15, -0.1) is 12.4 Å². The predicted molar refractivity (Wildman–Crippen MR) is 103 cm³/mol. The number of carbonyl (C=O) groups excluding carboxylic acids is 2. The molecule has 146 valence electrons. The Morgan fingerprint density at radius 1 is 1.27 bits per heavy atom. The molecule has 0 radical (unpaired) electrons. The molecule has 1 aliphatic rings. The van der Waals surface area contributed by atoms with Crippen molar-refractivity contribution in [2.45, 2.75) is 38.7 Å². The molecular weight excluding hydrogens is 379 g/mol. The molecule has 1 saturated carbocycles. The Morgan fingerprint density at radius 3 is 2.54 bits per heavy atom. The van der Waals surface area contributed by atoms with Gasteiger partial charge in [0.25, 0.3) is 5.91 Å². The molecule has 0 atom stereocenters. The number of carbonyl (C=O) groups is 2. The summed E-state index contributed by atoms with van der Waals surface area (Å²) in [7, 11) is 0. The Bertz CT molecular complexity index is 605. The van der Waals surface area contributed by atoms with Gasteiger partial charge in [-0.05, 0) is 50.8 Å². The second-order valence-corrected chi connectivity index (χ2v) is 6.44. The average Bonchev–Trinajstić information content (AvgIpc) is 2.60. The standard InChI is InChI=1S/C18H25ClN2O4.ClH/c1-2-24-18(23)12-3-5-13(6-4-12)25-14-7-8-15(16(19)11-14)17(22)21-10-9-20;/h7-8,11-13H,2-6,9-10,20H2,1H3,(H,21,22);1H. The highest BCUT2D eigenvalue weighted by atomic mass is 35.5. The first kappa shape index (κ1) is 22.5. The van der Waals surface area contributed by atoms with E-state index in [9.17, 15) is 9.59 Å². The molecule has 3 N–H and O–H groups in total. The lowest BCUT2D eigenvalue weighted by atomic mass is 9.87. The first-order valence-corrected chi connectivity index (χ1v) is 9.04. The molecule has 0 saturated heterocycles. The van der Waals surface area contributed by atoms with Crippen LogP contribution in [0, 0.1) is 5.92 Å². The van der Waals surface area contributed by atoms with Gasteiger partial charge in [0.05, 0.1) is 29.2 Å². The van der Waals surface area contributed by atoms with E-state index < -0.39 is 0 Å². The lowest BCUT2D eigenvalue weighted by Crippen LogP contribution is -2.29. The Labute approximate surface area is 165 Å². The number of amides is 1. The fourth-order valence-corrected chi connectivity index (χ4v) is 3.16. The third-order valence-corrected chi connectivity index (χ3v) is 4.52. The number of esters is 1. The first-order valence-electron chi connectivity index (χ1n) is 8.66. The van der Waals surface area contributed by atoms with Crippen LogP contribution in [-0.4, -0.2) is 37.7 Å². The largest absolute Gasteiger partial charge is 0.490 e. The van der Waals surface area contributed by atoms with Crippen molar-refractivity contribution in [1.29, 1.82) is 0 Å². The van der Waals surface area contributed by atoms with Crippen LogP contribution in [0.1, 0.15) is 43.0 Å². The number of rotatable bonds is 7. The highest BCUT2D eigenvalue weighted by Gasteiger charge is 2.28. The number of benzene rings is 1. The zero-order chi connectivity index (χ0) is 18.2. The second kappa shape index (κ2) is 11.3. The van der Waals surface area contributed by atoms with E-state index in [1.807, 2.05) is 6.92 Å². The average molecular weight is 405 g/mol. The van der Waals surface area contributed by atoms with Crippen molar-refractivity contribution >= 4 is 35.9 Å². The molecule has 2 rings (SSSR count). The number of nitrogens with two attached hydrogens (primary N) is 1. The summed E-state index contributed by atoms with van der Waals surface area (Å²) in [5.41, 5.74) is 5.77. The van der Waals surface area contributed by atoms with E-state index >= 15 is 0 Å². The molecule has 1 aromatic rings. The molecule has 1 amide bonds. The Morgan fingerprint density at radius 2 is 1.96 bits per heavy atom. The van der Waals surface area contributed by atoms with Gasteiger partial charge in [0.15, 0.2) is 0 Å². The summed E-state index contributed by atoms with van der Waals surface area (Å²) in [5.74, 6) is 0.228. The van der Waals surface area contributed by atoms with Crippen molar-refractivity contribution in [3.8, 4) is 5.75 Å². The molecule has 0 unspecified atom stereocenters. The number of halogens is 2. The SMILES string of the molecule is CCOC(=O)C1CCC(Oc2ccc(C(=O)NCCN)c(Cl)c2)CC1.Cl. The molecular formula is C18H26Cl2N2O4. The van der Waals surface area contributed by atoms with Crippen LogP contribution in [0.3, 0.4) is 0 Å². The Kier molecular flexibility index (Phi) is 9.76. The lowest BCUT2D eigenvalue weighted by molar-refractivity contribution is -0.149. The molecule has 0 heterocycles. The van der Waals surface area contributed by atoms with E-state index in [4.69, 9.17) is 26.8 Å². The molecule has 1 fully saturated rings. The van der Waals surface area contributed by atoms with E-state index in [1.54, 1.807) is 18.2 Å². The van der Waals surface area contributed by atoms with Gasteiger partial charge in [-0.3, -0.25) is 9.59 Å². The number of hydrogen-bond acceptors (Lipinski definition) is 5. The predicted octanol–water partition coefficient (Wildman–Crippen LogP) is 2.95. The molecule has 1 aromatic carbocycles. The monoisotopic (exact) mass is 404 g/mol. The number of nitrogens with one attached hydrogen (secondary N) is 1. The maximum absolute atomic E-state index is 11.9. The highest BCUT2D eigenvalue weighted by Crippen LogP contribution is 2.30. The summed E-state index contributed by atoms with van der Waals surface area (Å²) >= 11 is 6.19. The summed E-state index contributed by atoms with van der Waals surface area (Å²) in [4.78, 5) is 23.7. The van der Waals surface area contributed by atoms with Gasteiger partial charge in [0.2, 0.25) is 0 Å². The number of hydrogen-bond donors (Lipinski definition) is 2. The van der Waals surface area contributed by atoms with Gasteiger partial charge in [-0.1, -0.05) is 11.6 Å².